The maximum Gasteiger partial charge on any atom is 0.255 e. The molecular weight excluding hydrogens is 316 g/mol. The van der Waals surface area contributed by atoms with Crippen molar-refractivity contribution in [3.8, 4) is 0 Å². The number of rotatable bonds is 5. The zero-order valence-corrected chi connectivity index (χ0v) is 13.7. The summed E-state index contributed by atoms with van der Waals surface area (Å²) in [6.07, 6.45) is 3.43. The van der Waals surface area contributed by atoms with Crippen LogP contribution in [0.15, 0.2) is 28.7 Å². The predicted molar refractivity (Wildman–Crippen MR) is 85.9 cm³/mol. The van der Waals surface area contributed by atoms with E-state index in [2.05, 4.69) is 28.2 Å². The molecule has 0 bridgehead atoms. The van der Waals surface area contributed by atoms with Crippen LogP contribution in [0.3, 0.4) is 0 Å². The van der Waals surface area contributed by atoms with E-state index >= 15 is 0 Å². The zero-order valence-electron chi connectivity index (χ0n) is 12.1. The number of piperidine rings is 1. The molecule has 1 saturated heterocycles. The highest BCUT2D eigenvalue weighted by Crippen LogP contribution is 2.20. The lowest BCUT2D eigenvalue weighted by Gasteiger charge is -2.30. The molecule has 20 heavy (non-hydrogen) atoms. The molecule has 1 fully saturated rings. The topological polar surface area (TPSA) is 32.3 Å². The van der Waals surface area contributed by atoms with Crippen LogP contribution >= 0.6 is 15.9 Å². The van der Waals surface area contributed by atoms with Crippen molar-refractivity contribution in [1.82, 2.24) is 10.2 Å². The van der Waals surface area contributed by atoms with E-state index in [-0.39, 0.29) is 5.91 Å². The molecule has 1 heterocycles. The molecule has 0 aromatic heterocycles. The van der Waals surface area contributed by atoms with Crippen molar-refractivity contribution in [2.24, 2.45) is 5.92 Å². The van der Waals surface area contributed by atoms with Crippen LogP contribution in [0.25, 0.3) is 0 Å². The molecule has 1 N–H and O–H groups in total. The van der Waals surface area contributed by atoms with E-state index in [0.29, 0.717) is 5.92 Å². The Morgan fingerprint density at radius 2 is 2.25 bits per heavy atom. The number of nitrogens with one attached hydrogen (secondary N) is 1. The Bertz CT molecular complexity index is 444. The molecule has 2 rings (SSSR count). The first-order valence-corrected chi connectivity index (χ1v) is 8.26. The summed E-state index contributed by atoms with van der Waals surface area (Å²) in [5.74, 6) is 0.728. The van der Waals surface area contributed by atoms with E-state index in [9.17, 15) is 4.79 Å². The van der Waals surface area contributed by atoms with Crippen molar-refractivity contribution in [2.75, 3.05) is 26.2 Å². The second-order valence-corrected chi connectivity index (χ2v) is 6.30. The first-order valence-electron chi connectivity index (χ1n) is 7.47. The summed E-state index contributed by atoms with van der Waals surface area (Å²) in [7, 11) is 0. The predicted octanol–water partition coefficient (Wildman–Crippen LogP) is 3.30. The Morgan fingerprint density at radius 1 is 1.45 bits per heavy atom. The molecule has 1 unspecified atom stereocenters. The summed E-state index contributed by atoms with van der Waals surface area (Å²) in [5.41, 5.74) is 0.768. The fourth-order valence-corrected chi connectivity index (χ4v) is 3.20. The first kappa shape index (κ1) is 15.5. The zero-order chi connectivity index (χ0) is 14.4. The fourth-order valence-electron chi connectivity index (χ4n) is 2.74. The third kappa shape index (κ3) is 4.06. The number of hydrogen-bond donors (Lipinski definition) is 1. The largest absolute Gasteiger partial charge is 0.338 e. The molecule has 1 aromatic carbocycles. The molecule has 0 aliphatic carbocycles. The summed E-state index contributed by atoms with van der Waals surface area (Å²) >= 11 is 3.48. The number of halogens is 1. The van der Waals surface area contributed by atoms with Gasteiger partial charge in [-0.1, -0.05) is 19.1 Å². The quantitative estimate of drug-likeness (QED) is 0.893. The van der Waals surface area contributed by atoms with Crippen molar-refractivity contribution < 1.29 is 4.79 Å². The lowest BCUT2D eigenvalue weighted by atomic mass is 9.98. The van der Waals surface area contributed by atoms with Gasteiger partial charge >= 0.3 is 0 Å². The van der Waals surface area contributed by atoms with E-state index in [1.54, 1.807) is 0 Å². The van der Waals surface area contributed by atoms with Gasteiger partial charge in [-0.05, 0) is 66.3 Å². The molecule has 1 aliphatic heterocycles. The van der Waals surface area contributed by atoms with Crippen LogP contribution in [0, 0.1) is 5.92 Å². The summed E-state index contributed by atoms with van der Waals surface area (Å²) in [5, 5.41) is 3.43. The monoisotopic (exact) mass is 338 g/mol. The second kappa shape index (κ2) is 7.79. The number of nitrogens with zero attached hydrogens (tertiary/aromatic N) is 1. The van der Waals surface area contributed by atoms with Gasteiger partial charge in [0.15, 0.2) is 0 Å². The smallest absolute Gasteiger partial charge is 0.255 e. The average molecular weight is 339 g/mol. The van der Waals surface area contributed by atoms with Gasteiger partial charge in [-0.25, -0.2) is 0 Å². The van der Waals surface area contributed by atoms with Crippen molar-refractivity contribution in [1.29, 1.82) is 0 Å². The molecule has 4 heteroatoms. The fraction of sp³-hybridized carbons (Fsp3) is 0.562. The Balaban J connectivity index is 2.07. The molecule has 0 spiro atoms. The Kier molecular flexibility index (Phi) is 6.05. The third-order valence-corrected chi connectivity index (χ3v) is 4.45. The molecule has 110 valence electrons. The SMILES string of the molecule is CCCN(CC1CCCNC1)C(=O)c1ccccc1Br. The molecule has 1 amide bonds. The number of amides is 1. The molecule has 1 aromatic rings. The third-order valence-electron chi connectivity index (χ3n) is 3.76. The van der Waals surface area contributed by atoms with E-state index in [1.165, 1.54) is 12.8 Å². The van der Waals surface area contributed by atoms with Crippen LogP contribution in [-0.2, 0) is 0 Å². The van der Waals surface area contributed by atoms with Gasteiger partial charge in [0, 0.05) is 17.6 Å². The molecule has 1 atom stereocenters. The van der Waals surface area contributed by atoms with Gasteiger partial charge in [0.05, 0.1) is 5.56 Å². The first-order chi connectivity index (χ1) is 9.72. The highest BCUT2D eigenvalue weighted by atomic mass is 79.9. The van der Waals surface area contributed by atoms with Crippen molar-refractivity contribution >= 4 is 21.8 Å². The lowest BCUT2D eigenvalue weighted by molar-refractivity contribution is 0.0718. The summed E-state index contributed by atoms with van der Waals surface area (Å²) in [6, 6.07) is 7.69. The van der Waals surface area contributed by atoms with Crippen LogP contribution < -0.4 is 5.32 Å². The van der Waals surface area contributed by atoms with Crippen LogP contribution in [0.1, 0.15) is 36.5 Å². The van der Waals surface area contributed by atoms with Crippen LogP contribution in [0.5, 0.6) is 0 Å². The van der Waals surface area contributed by atoms with Crippen molar-refractivity contribution in [3.63, 3.8) is 0 Å². The minimum absolute atomic E-state index is 0.143. The number of carbonyl (C=O) groups excluding carboxylic acids is 1. The number of carbonyl (C=O) groups is 1. The Hall–Kier alpha value is -0.870. The molecule has 3 nitrogen and oxygen atoms in total. The standard InChI is InChI=1S/C16H23BrN2O/c1-2-10-19(12-13-6-5-9-18-11-13)16(20)14-7-3-4-8-15(14)17/h3-4,7-8,13,18H,2,5-6,9-12H2,1H3. The van der Waals surface area contributed by atoms with E-state index < -0.39 is 0 Å². The summed E-state index contributed by atoms with van der Waals surface area (Å²) < 4.78 is 0.882. The van der Waals surface area contributed by atoms with Gasteiger partial charge in [0.25, 0.3) is 5.91 Å². The highest BCUT2D eigenvalue weighted by molar-refractivity contribution is 9.10. The van der Waals surface area contributed by atoms with Gasteiger partial charge < -0.3 is 10.2 Å². The minimum atomic E-state index is 0.143. The van der Waals surface area contributed by atoms with Gasteiger partial charge in [-0.2, -0.15) is 0 Å². The van der Waals surface area contributed by atoms with Gasteiger partial charge in [0.2, 0.25) is 0 Å². The second-order valence-electron chi connectivity index (χ2n) is 5.44. The molecular formula is C16H23BrN2O. The minimum Gasteiger partial charge on any atom is -0.338 e. The van der Waals surface area contributed by atoms with Crippen LogP contribution in [-0.4, -0.2) is 37.0 Å². The Labute approximate surface area is 129 Å². The maximum absolute atomic E-state index is 12.7. The van der Waals surface area contributed by atoms with Crippen molar-refractivity contribution in [3.05, 3.63) is 34.3 Å². The van der Waals surface area contributed by atoms with Crippen molar-refractivity contribution in [2.45, 2.75) is 26.2 Å². The Morgan fingerprint density at radius 3 is 2.90 bits per heavy atom. The van der Waals surface area contributed by atoms with Crippen LogP contribution in [0.4, 0.5) is 0 Å². The maximum atomic E-state index is 12.7. The molecule has 1 aliphatic rings. The normalized spacial score (nSPS) is 18.8. The van der Waals surface area contributed by atoms with Gasteiger partial charge in [-0.3, -0.25) is 4.79 Å². The average Bonchev–Trinajstić information content (AvgIpc) is 2.48. The summed E-state index contributed by atoms with van der Waals surface area (Å²) in [4.78, 5) is 14.7. The number of benzene rings is 1. The number of hydrogen-bond acceptors (Lipinski definition) is 2. The molecule has 0 radical (unpaired) electrons. The highest BCUT2D eigenvalue weighted by Gasteiger charge is 2.22. The lowest BCUT2D eigenvalue weighted by Crippen LogP contribution is -2.41. The van der Waals surface area contributed by atoms with Crippen LogP contribution in [0.2, 0.25) is 0 Å². The summed E-state index contributed by atoms with van der Waals surface area (Å²) in [6.45, 7) is 5.96. The molecule has 0 saturated carbocycles. The van der Waals surface area contributed by atoms with Gasteiger partial charge in [-0.15, -0.1) is 0 Å². The van der Waals surface area contributed by atoms with E-state index in [1.807, 2.05) is 29.2 Å². The van der Waals surface area contributed by atoms with E-state index in [0.717, 1.165) is 42.6 Å². The van der Waals surface area contributed by atoms with E-state index in [4.69, 9.17) is 0 Å². The van der Waals surface area contributed by atoms with Gasteiger partial charge in [0.1, 0.15) is 0 Å².